The first kappa shape index (κ1) is 24.0. The maximum atomic E-state index is 12.3. The molecule has 2 fully saturated rings. The molecule has 0 radical (unpaired) electrons. The zero-order valence-electron chi connectivity index (χ0n) is 16.1. The number of carbonyl (C=O) groups is 2. The third kappa shape index (κ3) is 6.37. The number of aromatic nitrogens is 1. The van der Waals surface area contributed by atoms with Gasteiger partial charge in [-0.1, -0.05) is 6.07 Å². The number of pyridine rings is 1. The summed E-state index contributed by atoms with van der Waals surface area (Å²) in [5, 5.41) is 10.0. The standard InChI is InChI=1S/C15H21N3O4S.C2HF3O2/c1-23(20,21)18-8-13-9-22-11-15(13,10-18)5-14(19)17-7-12-3-2-4-16-6-12;3-2(4,5)1(6)7/h2-4,6,13H,5,7-11H2,1H3,(H,17,19);(H,6,7)/t13-,15+;/m1./s1. The summed E-state index contributed by atoms with van der Waals surface area (Å²) in [4.78, 5) is 25.2. The second-order valence-electron chi connectivity index (χ2n) is 7.25. The smallest absolute Gasteiger partial charge is 0.475 e. The van der Waals surface area contributed by atoms with Gasteiger partial charge in [-0.3, -0.25) is 9.78 Å². The second-order valence-corrected chi connectivity index (χ2v) is 9.23. The Hall–Kier alpha value is -2.25. The number of carboxylic acids is 1. The maximum Gasteiger partial charge on any atom is 0.490 e. The van der Waals surface area contributed by atoms with Crippen LogP contribution in [0.15, 0.2) is 24.5 Å². The molecule has 1 aromatic rings. The van der Waals surface area contributed by atoms with Gasteiger partial charge in [0, 0.05) is 49.8 Å². The lowest BCUT2D eigenvalue weighted by molar-refractivity contribution is -0.192. The molecule has 2 aliphatic rings. The van der Waals surface area contributed by atoms with Crippen molar-refractivity contribution in [3.63, 3.8) is 0 Å². The van der Waals surface area contributed by atoms with Gasteiger partial charge in [0.25, 0.3) is 0 Å². The van der Waals surface area contributed by atoms with Crippen molar-refractivity contribution in [1.82, 2.24) is 14.6 Å². The Morgan fingerprint density at radius 1 is 1.43 bits per heavy atom. The van der Waals surface area contributed by atoms with Gasteiger partial charge in [0.05, 0.1) is 19.5 Å². The average Bonchev–Trinajstić information content (AvgIpc) is 3.17. The number of fused-ring (bicyclic) bond motifs is 1. The van der Waals surface area contributed by atoms with Gasteiger partial charge in [-0.05, 0) is 11.6 Å². The van der Waals surface area contributed by atoms with Crippen LogP contribution >= 0.6 is 0 Å². The Labute approximate surface area is 171 Å². The van der Waals surface area contributed by atoms with Crippen LogP contribution in [0.25, 0.3) is 0 Å². The molecule has 2 atom stereocenters. The largest absolute Gasteiger partial charge is 0.490 e. The minimum absolute atomic E-state index is 0.0836. The summed E-state index contributed by atoms with van der Waals surface area (Å²) in [6, 6.07) is 3.72. The van der Waals surface area contributed by atoms with Crippen molar-refractivity contribution in [1.29, 1.82) is 0 Å². The monoisotopic (exact) mass is 453 g/mol. The summed E-state index contributed by atoms with van der Waals surface area (Å²) >= 11 is 0. The normalized spacial score (nSPS) is 23.9. The number of ether oxygens (including phenoxy) is 1. The topological polar surface area (TPSA) is 126 Å². The summed E-state index contributed by atoms with van der Waals surface area (Å²) < 4.78 is 62.3. The Morgan fingerprint density at radius 2 is 2.10 bits per heavy atom. The zero-order valence-corrected chi connectivity index (χ0v) is 16.9. The lowest BCUT2D eigenvalue weighted by atomic mass is 9.78. The van der Waals surface area contributed by atoms with Crippen molar-refractivity contribution in [2.45, 2.75) is 19.1 Å². The third-order valence-electron chi connectivity index (χ3n) is 4.93. The fraction of sp³-hybridized carbons (Fsp3) is 0.588. The van der Waals surface area contributed by atoms with Crippen LogP contribution in [0.1, 0.15) is 12.0 Å². The van der Waals surface area contributed by atoms with Gasteiger partial charge in [-0.2, -0.15) is 13.2 Å². The molecule has 0 aliphatic carbocycles. The van der Waals surface area contributed by atoms with Crippen LogP contribution in [-0.2, 0) is 30.9 Å². The number of nitrogens with zero attached hydrogens (tertiary/aromatic N) is 2. The van der Waals surface area contributed by atoms with Crippen LogP contribution in [0.5, 0.6) is 0 Å². The molecule has 3 rings (SSSR count). The van der Waals surface area contributed by atoms with E-state index in [1.165, 1.54) is 10.6 Å². The van der Waals surface area contributed by atoms with E-state index in [1.54, 1.807) is 12.4 Å². The molecule has 2 aliphatic heterocycles. The summed E-state index contributed by atoms with van der Waals surface area (Å²) in [5.41, 5.74) is 0.531. The highest BCUT2D eigenvalue weighted by Crippen LogP contribution is 2.44. The minimum atomic E-state index is -5.08. The van der Waals surface area contributed by atoms with E-state index in [1.807, 2.05) is 12.1 Å². The zero-order chi connectivity index (χ0) is 22.6. The summed E-state index contributed by atoms with van der Waals surface area (Å²) in [6.45, 7) is 2.17. The lowest BCUT2D eigenvalue weighted by Crippen LogP contribution is -2.38. The number of amides is 1. The molecular weight excluding hydrogens is 431 g/mol. The number of carbonyl (C=O) groups excluding carboxylic acids is 1. The van der Waals surface area contributed by atoms with Gasteiger partial charge in [-0.25, -0.2) is 17.5 Å². The third-order valence-corrected chi connectivity index (χ3v) is 6.14. The molecule has 3 heterocycles. The molecule has 9 nitrogen and oxygen atoms in total. The number of hydrogen-bond donors (Lipinski definition) is 2. The Morgan fingerprint density at radius 3 is 2.63 bits per heavy atom. The van der Waals surface area contributed by atoms with Crippen LogP contribution in [-0.4, -0.2) is 73.4 Å². The number of halogens is 3. The summed E-state index contributed by atoms with van der Waals surface area (Å²) in [7, 11) is -3.24. The summed E-state index contributed by atoms with van der Waals surface area (Å²) in [6.07, 6.45) is -0.195. The van der Waals surface area contributed by atoms with Gasteiger partial charge in [-0.15, -0.1) is 0 Å². The Bertz CT molecular complexity index is 865. The molecule has 1 aromatic heterocycles. The highest BCUT2D eigenvalue weighted by atomic mass is 32.2. The first-order valence-electron chi connectivity index (χ1n) is 8.82. The molecule has 13 heteroatoms. The van der Waals surface area contributed by atoms with Crippen LogP contribution < -0.4 is 5.32 Å². The lowest BCUT2D eigenvalue weighted by Gasteiger charge is -2.26. The van der Waals surface area contributed by atoms with E-state index in [0.29, 0.717) is 32.8 Å². The molecule has 0 spiro atoms. The van der Waals surface area contributed by atoms with Gasteiger partial charge < -0.3 is 15.2 Å². The number of nitrogens with one attached hydrogen (secondary N) is 1. The van der Waals surface area contributed by atoms with E-state index in [0.717, 1.165) is 5.56 Å². The van der Waals surface area contributed by atoms with Crippen molar-refractivity contribution in [3.8, 4) is 0 Å². The highest BCUT2D eigenvalue weighted by molar-refractivity contribution is 7.88. The van der Waals surface area contributed by atoms with Crippen molar-refractivity contribution < 1.29 is 41.0 Å². The Balaban J connectivity index is 0.000000396. The molecule has 30 heavy (non-hydrogen) atoms. The number of alkyl halides is 3. The van der Waals surface area contributed by atoms with Crippen molar-refractivity contribution in [3.05, 3.63) is 30.1 Å². The SMILES string of the molecule is CS(=O)(=O)N1C[C@@H]2COC[C@]2(CC(=O)NCc2cccnc2)C1.O=C(O)C(F)(F)F. The minimum Gasteiger partial charge on any atom is -0.475 e. The molecule has 0 bridgehead atoms. The van der Waals surface area contributed by atoms with Crippen LogP contribution in [0.2, 0.25) is 0 Å². The van der Waals surface area contributed by atoms with Crippen molar-refractivity contribution in [2.24, 2.45) is 11.3 Å². The fourth-order valence-corrected chi connectivity index (χ4v) is 4.31. The predicted octanol–water partition coefficient (Wildman–Crippen LogP) is 0.629. The van der Waals surface area contributed by atoms with E-state index >= 15 is 0 Å². The molecular formula is C17H22F3N3O6S. The van der Waals surface area contributed by atoms with Crippen LogP contribution in [0, 0.1) is 11.3 Å². The second kappa shape index (κ2) is 9.27. The van der Waals surface area contributed by atoms with E-state index in [2.05, 4.69) is 10.3 Å². The Kier molecular flexibility index (Phi) is 7.42. The molecule has 0 unspecified atom stereocenters. The van der Waals surface area contributed by atoms with Gasteiger partial charge in [0.1, 0.15) is 0 Å². The highest BCUT2D eigenvalue weighted by Gasteiger charge is 2.53. The number of carboxylic acid groups (broad SMARTS) is 1. The first-order chi connectivity index (χ1) is 13.8. The number of sulfonamides is 1. The first-order valence-corrected chi connectivity index (χ1v) is 10.7. The van der Waals surface area contributed by atoms with E-state index in [-0.39, 0.29) is 18.2 Å². The predicted molar refractivity (Wildman–Crippen MR) is 97.6 cm³/mol. The molecule has 1 amide bonds. The number of rotatable bonds is 5. The van der Waals surface area contributed by atoms with E-state index < -0.39 is 27.6 Å². The van der Waals surface area contributed by atoms with E-state index in [4.69, 9.17) is 14.6 Å². The molecule has 0 aromatic carbocycles. The fourth-order valence-electron chi connectivity index (χ4n) is 3.37. The maximum absolute atomic E-state index is 12.3. The van der Waals surface area contributed by atoms with Crippen LogP contribution in [0.4, 0.5) is 13.2 Å². The van der Waals surface area contributed by atoms with Gasteiger partial charge in [0.15, 0.2) is 0 Å². The van der Waals surface area contributed by atoms with E-state index in [9.17, 15) is 26.4 Å². The molecule has 2 saturated heterocycles. The van der Waals surface area contributed by atoms with Crippen molar-refractivity contribution in [2.75, 3.05) is 32.6 Å². The quantitative estimate of drug-likeness (QED) is 0.670. The molecule has 168 valence electrons. The number of aliphatic carboxylic acids is 1. The summed E-state index contributed by atoms with van der Waals surface area (Å²) in [5.74, 6) is -2.76. The van der Waals surface area contributed by atoms with Gasteiger partial charge in [0.2, 0.25) is 15.9 Å². The molecule has 0 saturated carbocycles. The average molecular weight is 453 g/mol. The van der Waals surface area contributed by atoms with Crippen LogP contribution in [0.3, 0.4) is 0 Å². The van der Waals surface area contributed by atoms with Gasteiger partial charge >= 0.3 is 12.1 Å². The number of hydrogen-bond acceptors (Lipinski definition) is 6. The van der Waals surface area contributed by atoms with Crippen molar-refractivity contribution >= 4 is 21.9 Å². The molecule has 2 N–H and O–H groups in total.